The predicted molar refractivity (Wildman–Crippen MR) is 78.8 cm³/mol. The lowest BCUT2D eigenvalue weighted by Crippen LogP contribution is -2.28. The van der Waals surface area contributed by atoms with Crippen molar-refractivity contribution in [3.63, 3.8) is 0 Å². The van der Waals surface area contributed by atoms with Gasteiger partial charge in [-0.15, -0.1) is 0 Å². The van der Waals surface area contributed by atoms with Gasteiger partial charge in [0.15, 0.2) is 0 Å². The van der Waals surface area contributed by atoms with E-state index in [1.165, 1.54) is 6.20 Å². The Morgan fingerprint density at radius 3 is 2.81 bits per heavy atom. The summed E-state index contributed by atoms with van der Waals surface area (Å²) < 4.78 is 1.95. The molecule has 0 bridgehead atoms. The highest BCUT2D eigenvalue weighted by Crippen LogP contribution is 2.07. The molecule has 6 heteroatoms. The van der Waals surface area contributed by atoms with Gasteiger partial charge in [-0.2, -0.15) is 10.4 Å². The molecule has 0 fully saturated rings. The normalized spacial score (nSPS) is 10.4. The topological polar surface area (TPSA) is 77.7 Å². The van der Waals surface area contributed by atoms with E-state index in [4.69, 9.17) is 5.26 Å². The summed E-state index contributed by atoms with van der Waals surface area (Å²) in [5.74, 6) is -0.107. The Hall–Kier alpha value is -2.55. The maximum absolute atomic E-state index is 12.2. The molecule has 1 N–H and O–H groups in total. The van der Waals surface area contributed by atoms with Crippen LogP contribution < -0.4 is 0 Å². The van der Waals surface area contributed by atoms with Crippen LogP contribution in [0.25, 0.3) is 0 Å². The van der Waals surface area contributed by atoms with Crippen molar-refractivity contribution < 1.29 is 4.79 Å². The molecule has 2 heterocycles. The van der Waals surface area contributed by atoms with Gasteiger partial charge in [0, 0.05) is 32.0 Å². The molecule has 2 aromatic rings. The minimum absolute atomic E-state index is 0.107. The van der Waals surface area contributed by atoms with Crippen LogP contribution in [-0.2, 0) is 6.54 Å². The van der Waals surface area contributed by atoms with Gasteiger partial charge in [0.1, 0.15) is 11.8 Å². The molecule has 0 aromatic carbocycles. The zero-order chi connectivity index (χ0) is 15.4. The van der Waals surface area contributed by atoms with Crippen LogP contribution in [0.4, 0.5) is 0 Å². The van der Waals surface area contributed by atoms with Crippen LogP contribution in [0.2, 0.25) is 0 Å². The van der Waals surface area contributed by atoms with Gasteiger partial charge in [0.2, 0.25) is 0 Å². The molecule has 0 atom stereocenters. The molecule has 0 radical (unpaired) electrons. The minimum atomic E-state index is -0.107. The summed E-state index contributed by atoms with van der Waals surface area (Å²) >= 11 is 0. The number of aromatic amines is 1. The molecular formula is C15H19N5O. The average Bonchev–Trinajstić information content (AvgIpc) is 3.04. The third-order valence-corrected chi connectivity index (χ3v) is 3.36. The lowest BCUT2D eigenvalue weighted by molar-refractivity contribution is 0.0786. The largest absolute Gasteiger partial charge is 0.356 e. The van der Waals surface area contributed by atoms with Crippen LogP contribution in [-0.4, -0.2) is 39.2 Å². The molecule has 0 saturated heterocycles. The zero-order valence-electron chi connectivity index (χ0n) is 12.6. The molecule has 0 saturated carbocycles. The maximum atomic E-state index is 12.2. The van der Waals surface area contributed by atoms with Crippen LogP contribution in [0.1, 0.15) is 33.9 Å². The number of aromatic nitrogens is 3. The van der Waals surface area contributed by atoms with E-state index in [0.29, 0.717) is 17.8 Å². The number of hydrogen-bond acceptors (Lipinski definition) is 3. The standard InChI is InChI=1S/C15H19N5O/c1-11-7-12(2)20(18-11)6-4-5-19(3)15(21)14-8-13(9-16)10-17-14/h7-8,10,17H,4-6H2,1-3H3. The summed E-state index contributed by atoms with van der Waals surface area (Å²) in [7, 11) is 1.76. The van der Waals surface area contributed by atoms with Gasteiger partial charge in [-0.05, 0) is 32.4 Å². The van der Waals surface area contributed by atoms with Gasteiger partial charge in [-0.3, -0.25) is 9.48 Å². The Bertz CT molecular complexity index is 677. The third kappa shape index (κ3) is 3.51. The Morgan fingerprint density at radius 1 is 1.48 bits per heavy atom. The van der Waals surface area contributed by atoms with Crippen molar-refractivity contribution in [2.75, 3.05) is 13.6 Å². The molecule has 2 rings (SSSR count). The molecule has 6 nitrogen and oxygen atoms in total. The first kappa shape index (κ1) is 14.9. The molecule has 0 aliphatic heterocycles. The highest BCUT2D eigenvalue weighted by molar-refractivity contribution is 5.92. The number of aryl methyl sites for hydroxylation is 3. The first-order valence-electron chi connectivity index (χ1n) is 6.86. The van der Waals surface area contributed by atoms with Crippen LogP contribution in [0.15, 0.2) is 18.3 Å². The van der Waals surface area contributed by atoms with Crippen molar-refractivity contribution in [3.8, 4) is 6.07 Å². The van der Waals surface area contributed by atoms with E-state index in [0.717, 1.165) is 24.4 Å². The number of carbonyl (C=O) groups excluding carboxylic acids is 1. The van der Waals surface area contributed by atoms with Gasteiger partial charge >= 0.3 is 0 Å². The van der Waals surface area contributed by atoms with Crippen molar-refractivity contribution >= 4 is 5.91 Å². The average molecular weight is 285 g/mol. The summed E-state index contributed by atoms with van der Waals surface area (Å²) in [5, 5.41) is 13.2. The Kier molecular flexibility index (Phi) is 4.43. The number of amides is 1. The molecular weight excluding hydrogens is 266 g/mol. The number of nitrogens with zero attached hydrogens (tertiary/aromatic N) is 4. The smallest absolute Gasteiger partial charge is 0.270 e. The second kappa shape index (κ2) is 6.27. The van der Waals surface area contributed by atoms with E-state index in [-0.39, 0.29) is 5.91 Å². The van der Waals surface area contributed by atoms with Gasteiger partial charge < -0.3 is 9.88 Å². The fraction of sp³-hybridized carbons (Fsp3) is 0.400. The first-order chi connectivity index (χ1) is 10.0. The summed E-state index contributed by atoms with van der Waals surface area (Å²) in [6.07, 6.45) is 2.37. The molecule has 110 valence electrons. The Labute approximate surface area is 124 Å². The van der Waals surface area contributed by atoms with Crippen molar-refractivity contribution in [2.45, 2.75) is 26.8 Å². The van der Waals surface area contributed by atoms with Gasteiger partial charge in [-0.25, -0.2) is 0 Å². The summed E-state index contributed by atoms with van der Waals surface area (Å²) in [6, 6.07) is 5.61. The van der Waals surface area contributed by atoms with Gasteiger partial charge in [-0.1, -0.05) is 0 Å². The zero-order valence-corrected chi connectivity index (χ0v) is 12.6. The number of nitrogens with one attached hydrogen (secondary N) is 1. The summed E-state index contributed by atoms with van der Waals surface area (Å²) in [6.45, 7) is 5.41. The van der Waals surface area contributed by atoms with E-state index in [1.54, 1.807) is 18.0 Å². The fourth-order valence-corrected chi connectivity index (χ4v) is 2.25. The quantitative estimate of drug-likeness (QED) is 0.910. The SMILES string of the molecule is Cc1cc(C)n(CCCN(C)C(=O)c2cc(C#N)c[nH]2)n1. The van der Waals surface area contributed by atoms with Crippen molar-refractivity contribution in [1.82, 2.24) is 19.7 Å². The van der Waals surface area contributed by atoms with Crippen LogP contribution in [0, 0.1) is 25.2 Å². The lowest BCUT2D eigenvalue weighted by atomic mass is 10.3. The van der Waals surface area contributed by atoms with E-state index < -0.39 is 0 Å². The van der Waals surface area contributed by atoms with E-state index in [9.17, 15) is 4.79 Å². The predicted octanol–water partition coefficient (Wildman–Crippen LogP) is 1.86. The van der Waals surface area contributed by atoms with Gasteiger partial charge in [0.05, 0.1) is 11.3 Å². The third-order valence-electron chi connectivity index (χ3n) is 3.36. The second-order valence-corrected chi connectivity index (χ2v) is 5.14. The van der Waals surface area contributed by atoms with E-state index >= 15 is 0 Å². The number of nitriles is 1. The number of hydrogen-bond donors (Lipinski definition) is 1. The molecule has 0 unspecified atom stereocenters. The number of rotatable bonds is 5. The van der Waals surface area contributed by atoms with E-state index in [2.05, 4.69) is 10.1 Å². The monoisotopic (exact) mass is 285 g/mol. The first-order valence-corrected chi connectivity index (χ1v) is 6.86. The molecule has 0 aliphatic rings. The maximum Gasteiger partial charge on any atom is 0.270 e. The second-order valence-electron chi connectivity index (χ2n) is 5.14. The highest BCUT2D eigenvalue weighted by Gasteiger charge is 2.13. The Balaban J connectivity index is 1.87. The fourth-order valence-electron chi connectivity index (χ4n) is 2.25. The molecule has 21 heavy (non-hydrogen) atoms. The van der Waals surface area contributed by atoms with Crippen molar-refractivity contribution in [3.05, 3.63) is 41.0 Å². The van der Waals surface area contributed by atoms with Crippen molar-refractivity contribution in [1.29, 1.82) is 5.26 Å². The van der Waals surface area contributed by atoms with Crippen molar-refractivity contribution in [2.24, 2.45) is 0 Å². The molecule has 1 amide bonds. The molecule has 2 aromatic heterocycles. The minimum Gasteiger partial charge on any atom is -0.356 e. The van der Waals surface area contributed by atoms with E-state index in [1.807, 2.05) is 30.7 Å². The van der Waals surface area contributed by atoms with Crippen LogP contribution >= 0.6 is 0 Å². The summed E-state index contributed by atoms with van der Waals surface area (Å²) in [4.78, 5) is 16.6. The molecule has 0 spiro atoms. The molecule has 0 aliphatic carbocycles. The van der Waals surface area contributed by atoms with Gasteiger partial charge in [0.25, 0.3) is 5.91 Å². The van der Waals surface area contributed by atoms with Crippen LogP contribution in [0.3, 0.4) is 0 Å². The lowest BCUT2D eigenvalue weighted by Gasteiger charge is -2.16. The number of carbonyl (C=O) groups is 1. The summed E-state index contributed by atoms with van der Waals surface area (Å²) in [5.41, 5.74) is 3.05. The Morgan fingerprint density at radius 2 is 2.24 bits per heavy atom. The number of H-pyrrole nitrogens is 1. The highest BCUT2D eigenvalue weighted by atomic mass is 16.2. The van der Waals surface area contributed by atoms with Crippen LogP contribution in [0.5, 0.6) is 0 Å².